The number of aromatic hydroxyl groups is 1. The van der Waals surface area contributed by atoms with Crippen LogP contribution in [0, 0.1) is 11.3 Å². The fourth-order valence-corrected chi connectivity index (χ4v) is 7.44. The van der Waals surface area contributed by atoms with Crippen molar-refractivity contribution in [2.75, 3.05) is 0 Å². The van der Waals surface area contributed by atoms with Gasteiger partial charge in [-0.25, -0.2) is 4.79 Å². The van der Waals surface area contributed by atoms with Gasteiger partial charge >= 0.3 is 17.1 Å². The molecular formula is C31H32ClF3N4O4S. The monoisotopic (exact) mass is 648 g/mol. The average Bonchev–Trinajstić information content (AvgIpc) is 3.50. The first-order valence-corrected chi connectivity index (χ1v) is 15.3. The van der Waals surface area contributed by atoms with Gasteiger partial charge in [0.15, 0.2) is 0 Å². The van der Waals surface area contributed by atoms with Gasteiger partial charge in [0.1, 0.15) is 0 Å². The van der Waals surface area contributed by atoms with Gasteiger partial charge in [-0.3, -0.25) is 9.36 Å². The summed E-state index contributed by atoms with van der Waals surface area (Å²) in [4.78, 5) is 24.8. The van der Waals surface area contributed by atoms with E-state index in [0.29, 0.717) is 34.6 Å². The highest BCUT2D eigenvalue weighted by Gasteiger charge is 2.46. The Hall–Kier alpha value is -3.64. The molecule has 1 fully saturated rings. The number of hydrogen-bond donors (Lipinski definition) is 3. The lowest BCUT2D eigenvalue weighted by atomic mass is 9.63. The van der Waals surface area contributed by atoms with E-state index in [1.165, 1.54) is 22.9 Å². The minimum atomic E-state index is -4.68. The summed E-state index contributed by atoms with van der Waals surface area (Å²) in [5.74, 6) is -0.468. The van der Waals surface area contributed by atoms with Crippen molar-refractivity contribution in [2.24, 2.45) is 21.5 Å². The normalized spacial score (nSPS) is 20.7. The Morgan fingerprint density at radius 3 is 2.64 bits per heavy atom. The summed E-state index contributed by atoms with van der Waals surface area (Å²) in [5.41, 5.74) is -1.11. The molecule has 2 aliphatic rings. The Kier molecular flexibility index (Phi) is 8.45. The molecule has 1 aromatic heterocycles. The van der Waals surface area contributed by atoms with Crippen LogP contribution in [0.25, 0.3) is 5.57 Å². The first-order chi connectivity index (χ1) is 20.6. The third kappa shape index (κ3) is 6.28. The molecule has 0 unspecified atom stereocenters. The molecule has 1 aliphatic heterocycles. The summed E-state index contributed by atoms with van der Waals surface area (Å²) in [6, 6.07) is 8.63. The van der Waals surface area contributed by atoms with Crippen molar-refractivity contribution in [1.29, 1.82) is 0 Å². The molecule has 3 N–H and O–H groups in total. The molecule has 5 rings (SSSR count). The van der Waals surface area contributed by atoms with E-state index in [1.807, 2.05) is 20.8 Å². The van der Waals surface area contributed by atoms with E-state index >= 15 is 0 Å². The molecule has 13 heteroatoms. The van der Waals surface area contributed by atoms with Crippen LogP contribution in [0.4, 0.5) is 18.0 Å². The van der Waals surface area contributed by atoms with E-state index < -0.39 is 33.7 Å². The van der Waals surface area contributed by atoms with Crippen LogP contribution >= 0.6 is 22.9 Å². The van der Waals surface area contributed by atoms with Crippen LogP contribution in [0.15, 0.2) is 51.4 Å². The first-order valence-electron chi connectivity index (χ1n) is 14.1. The number of aromatic nitrogens is 1. The number of halogens is 4. The van der Waals surface area contributed by atoms with Crippen LogP contribution in [-0.4, -0.2) is 32.6 Å². The molecule has 3 aromatic rings. The fraction of sp³-hybridized carbons (Fsp3) is 0.419. The molecule has 234 valence electrons. The second kappa shape index (κ2) is 11.7. The number of carbonyl (C=O) groups is 1. The molecule has 0 spiro atoms. The summed E-state index contributed by atoms with van der Waals surface area (Å²) in [6.45, 7) is 6.05. The number of benzene rings is 2. The molecule has 1 amide bonds. The van der Waals surface area contributed by atoms with Crippen molar-refractivity contribution in [3.05, 3.63) is 83.2 Å². The lowest BCUT2D eigenvalue weighted by Crippen LogP contribution is -2.59. The van der Waals surface area contributed by atoms with Crippen LogP contribution < -0.4 is 20.8 Å². The largest absolute Gasteiger partial charge is 0.493 e. The Morgan fingerprint density at radius 1 is 1.20 bits per heavy atom. The molecule has 2 aromatic carbocycles. The van der Waals surface area contributed by atoms with Gasteiger partial charge in [0.05, 0.1) is 22.0 Å². The van der Waals surface area contributed by atoms with Gasteiger partial charge in [-0.15, -0.1) is 0 Å². The number of amides is 1. The van der Waals surface area contributed by atoms with Gasteiger partial charge in [0.2, 0.25) is 5.88 Å². The number of fused-ring (bicyclic) bond motifs is 1. The van der Waals surface area contributed by atoms with Crippen molar-refractivity contribution in [2.45, 2.75) is 71.1 Å². The fourth-order valence-electron chi connectivity index (χ4n) is 6.31. The van der Waals surface area contributed by atoms with Crippen LogP contribution in [0.2, 0.25) is 5.02 Å². The highest BCUT2D eigenvalue weighted by Crippen LogP contribution is 2.45. The Bertz CT molecular complexity index is 1830. The number of nitrogens with one attached hydrogen (secondary N) is 1. The molecule has 44 heavy (non-hydrogen) atoms. The summed E-state index contributed by atoms with van der Waals surface area (Å²) in [5, 5.41) is 32.8. The van der Waals surface area contributed by atoms with Crippen LogP contribution in [0.5, 0.6) is 5.88 Å². The predicted octanol–water partition coefficient (Wildman–Crippen LogP) is 5.94. The number of nitrogens with zero attached hydrogens (tertiary/aromatic N) is 3. The van der Waals surface area contributed by atoms with Crippen molar-refractivity contribution in [3.63, 3.8) is 0 Å². The maximum absolute atomic E-state index is 14.1. The smallest absolute Gasteiger partial charge is 0.416 e. The average molecular weight is 649 g/mol. The highest BCUT2D eigenvalue weighted by atomic mass is 35.5. The molecule has 2 heterocycles. The lowest BCUT2D eigenvalue weighted by molar-refractivity contribution is -0.138. The first kappa shape index (κ1) is 31.8. The van der Waals surface area contributed by atoms with Crippen molar-refractivity contribution in [3.8, 4) is 5.88 Å². The SMILES string of the molecule is CC(C)(C)[C@@]1(NC(=O)O)CCC[C@@H](Cn2c(O)c(C(Cc3ccc(Cl)cc3C(F)(F)F)=c3ccc4c(c3)C=NN=4)sc2=O)C1. The number of hydrogen-bond acceptors (Lipinski definition) is 6. The number of alkyl halides is 3. The zero-order chi connectivity index (χ0) is 32.0. The summed E-state index contributed by atoms with van der Waals surface area (Å²) in [6.07, 6.45) is -1.96. The predicted molar refractivity (Wildman–Crippen MR) is 163 cm³/mol. The minimum absolute atomic E-state index is 0.0622. The van der Waals surface area contributed by atoms with E-state index in [-0.39, 0.29) is 40.2 Å². The summed E-state index contributed by atoms with van der Waals surface area (Å²) >= 11 is 6.69. The van der Waals surface area contributed by atoms with E-state index in [9.17, 15) is 33.0 Å². The molecule has 0 bridgehead atoms. The molecular weight excluding hydrogens is 617 g/mol. The summed E-state index contributed by atoms with van der Waals surface area (Å²) < 4.78 is 43.4. The second-order valence-corrected chi connectivity index (χ2v) is 13.8. The molecule has 1 aliphatic carbocycles. The van der Waals surface area contributed by atoms with Crippen LogP contribution in [0.3, 0.4) is 0 Å². The zero-order valence-corrected chi connectivity index (χ0v) is 25.9. The van der Waals surface area contributed by atoms with Gasteiger partial charge in [0, 0.05) is 29.1 Å². The van der Waals surface area contributed by atoms with Crippen molar-refractivity contribution in [1.82, 2.24) is 9.88 Å². The van der Waals surface area contributed by atoms with Crippen LogP contribution in [0.1, 0.15) is 68.0 Å². The lowest BCUT2D eigenvalue weighted by Gasteiger charge is -2.49. The van der Waals surface area contributed by atoms with Gasteiger partial charge in [-0.05, 0) is 71.2 Å². The van der Waals surface area contributed by atoms with Gasteiger partial charge < -0.3 is 15.5 Å². The van der Waals surface area contributed by atoms with Crippen molar-refractivity contribution >= 4 is 40.8 Å². The maximum atomic E-state index is 14.1. The minimum Gasteiger partial charge on any atom is -0.493 e. The standard InChI is InChI=1S/C31H32ClF3N4O4S/c1-29(2,3)30(37-27(41)42)10-4-5-17(14-30)16-39-26(40)25(44-28(39)43)22(18-7-9-24-20(11-18)15-36-38-24)12-19-6-8-21(32)13-23(19)31(33,34)35/h6-9,11,13,15,17,37,40H,4-5,10,12,14,16H2,1-3H3,(H,41,42)/t17-,30-/m1/s1. The van der Waals surface area contributed by atoms with Gasteiger partial charge in [0.25, 0.3) is 0 Å². The third-order valence-corrected chi connectivity index (χ3v) is 9.96. The number of thiazole rings is 1. The maximum Gasteiger partial charge on any atom is 0.416 e. The molecule has 1 saturated carbocycles. The molecule has 2 atom stereocenters. The van der Waals surface area contributed by atoms with Gasteiger partial charge in [-0.1, -0.05) is 62.3 Å². The van der Waals surface area contributed by atoms with E-state index in [2.05, 4.69) is 15.5 Å². The quantitative estimate of drug-likeness (QED) is 0.307. The molecule has 0 radical (unpaired) electrons. The van der Waals surface area contributed by atoms with Crippen molar-refractivity contribution < 1.29 is 28.2 Å². The molecule has 8 nitrogen and oxygen atoms in total. The summed E-state index contributed by atoms with van der Waals surface area (Å²) in [7, 11) is 0. The number of carboxylic acid groups (broad SMARTS) is 1. The Balaban J connectivity index is 1.59. The third-order valence-electron chi connectivity index (χ3n) is 8.70. The molecule has 0 saturated heterocycles. The zero-order valence-electron chi connectivity index (χ0n) is 24.3. The van der Waals surface area contributed by atoms with Crippen LogP contribution in [-0.2, 0) is 19.1 Å². The Morgan fingerprint density at radius 2 is 1.95 bits per heavy atom. The van der Waals surface area contributed by atoms with Gasteiger partial charge in [-0.2, -0.15) is 23.4 Å². The second-order valence-electron chi connectivity index (χ2n) is 12.4. The van der Waals surface area contributed by atoms with E-state index in [0.717, 1.165) is 30.2 Å². The topological polar surface area (TPSA) is 116 Å². The Labute approximate surface area is 260 Å². The highest BCUT2D eigenvalue weighted by molar-refractivity contribution is 7.10. The van der Waals surface area contributed by atoms with E-state index in [4.69, 9.17) is 11.6 Å². The number of rotatable bonds is 6. The van der Waals surface area contributed by atoms with E-state index in [1.54, 1.807) is 18.2 Å².